The molecule has 7 heteroatoms. The van der Waals surface area contributed by atoms with Crippen molar-refractivity contribution in [3.8, 4) is 11.3 Å². The van der Waals surface area contributed by atoms with Crippen LogP contribution in [0.3, 0.4) is 0 Å². The van der Waals surface area contributed by atoms with E-state index in [1.54, 1.807) is 0 Å². The maximum Gasteiger partial charge on any atom is 0.117 e. The smallest absolute Gasteiger partial charge is 0.117 e. The van der Waals surface area contributed by atoms with Crippen LogP contribution in [0.1, 0.15) is 17.7 Å². The van der Waals surface area contributed by atoms with Gasteiger partial charge in [-0.2, -0.15) is 15.4 Å². The lowest BCUT2D eigenvalue weighted by Gasteiger charge is -2.28. The fourth-order valence-electron chi connectivity index (χ4n) is 3.71. The summed E-state index contributed by atoms with van der Waals surface area (Å²) in [5.74, 6) is 0. The third-order valence-corrected chi connectivity index (χ3v) is 5.22. The molecule has 152 valence electrons. The predicted octanol–water partition coefficient (Wildman–Crippen LogP) is 2.59. The zero-order valence-corrected chi connectivity index (χ0v) is 16.7. The van der Waals surface area contributed by atoms with Crippen molar-refractivity contribution in [1.82, 2.24) is 30.2 Å². The van der Waals surface area contributed by atoms with Gasteiger partial charge in [0.1, 0.15) is 11.4 Å². The van der Waals surface area contributed by atoms with Gasteiger partial charge >= 0.3 is 0 Å². The second-order valence-electron chi connectivity index (χ2n) is 7.36. The molecule has 0 spiro atoms. The van der Waals surface area contributed by atoms with E-state index < -0.39 is 0 Å². The Labute approximate surface area is 171 Å². The number of rotatable bonds is 9. The summed E-state index contributed by atoms with van der Waals surface area (Å²) < 4.78 is 5.45. The third kappa shape index (κ3) is 5.69. The Morgan fingerprint density at radius 2 is 1.86 bits per heavy atom. The predicted molar refractivity (Wildman–Crippen MR) is 112 cm³/mol. The molecular weight excluding hydrogens is 364 g/mol. The van der Waals surface area contributed by atoms with Gasteiger partial charge in [-0.05, 0) is 24.6 Å². The van der Waals surface area contributed by atoms with Gasteiger partial charge in [0, 0.05) is 50.7 Å². The van der Waals surface area contributed by atoms with E-state index >= 15 is 0 Å². The van der Waals surface area contributed by atoms with Crippen molar-refractivity contribution in [3.63, 3.8) is 0 Å². The number of nitrogens with one attached hydrogen (secondary N) is 1. The summed E-state index contributed by atoms with van der Waals surface area (Å²) in [6.45, 7) is 7.44. The number of hydrogen-bond donors (Lipinski definition) is 1. The summed E-state index contributed by atoms with van der Waals surface area (Å²) in [7, 11) is 0. The van der Waals surface area contributed by atoms with Gasteiger partial charge in [0.2, 0.25) is 0 Å². The minimum Gasteiger partial charge on any atom is -0.379 e. The largest absolute Gasteiger partial charge is 0.379 e. The number of H-pyrrole nitrogens is 1. The first-order chi connectivity index (χ1) is 14.4. The highest BCUT2D eigenvalue weighted by molar-refractivity contribution is 5.60. The van der Waals surface area contributed by atoms with Crippen LogP contribution in [0.25, 0.3) is 11.3 Å². The van der Waals surface area contributed by atoms with E-state index in [0.29, 0.717) is 0 Å². The number of hydrogen-bond acceptors (Lipinski definition) is 6. The average Bonchev–Trinajstić information content (AvgIpc) is 3.24. The molecule has 1 aliphatic rings. The van der Waals surface area contributed by atoms with Gasteiger partial charge in [0.15, 0.2) is 0 Å². The highest BCUT2D eigenvalue weighted by Crippen LogP contribution is 2.21. The number of pyridine rings is 1. The molecule has 1 aromatic carbocycles. The van der Waals surface area contributed by atoms with E-state index in [9.17, 15) is 0 Å². The molecule has 0 unspecified atom stereocenters. The molecule has 0 amide bonds. The van der Waals surface area contributed by atoms with Crippen molar-refractivity contribution in [1.29, 1.82) is 0 Å². The van der Waals surface area contributed by atoms with Gasteiger partial charge < -0.3 is 4.74 Å². The molecule has 3 aromatic rings. The molecule has 7 nitrogen and oxygen atoms in total. The number of aromatic nitrogens is 4. The maximum atomic E-state index is 5.45. The molecule has 0 bridgehead atoms. The summed E-state index contributed by atoms with van der Waals surface area (Å²) in [4.78, 5) is 9.19. The number of aromatic amines is 1. The van der Waals surface area contributed by atoms with Crippen LogP contribution < -0.4 is 0 Å². The summed E-state index contributed by atoms with van der Waals surface area (Å²) in [6, 6.07) is 14.3. The molecule has 0 radical (unpaired) electrons. The minimum absolute atomic E-state index is 0.749. The van der Waals surface area contributed by atoms with Crippen molar-refractivity contribution >= 4 is 0 Å². The zero-order chi connectivity index (χ0) is 19.7. The number of nitrogens with zero attached hydrogens (tertiary/aromatic N) is 5. The quantitative estimate of drug-likeness (QED) is 0.604. The van der Waals surface area contributed by atoms with Crippen molar-refractivity contribution < 1.29 is 4.74 Å². The van der Waals surface area contributed by atoms with Crippen molar-refractivity contribution in [2.75, 3.05) is 39.4 Å². The average molecular weight is 393 g/mol. The van der Waals surface area contributed by atoms with E-state index in [-0.39, 0.29) is 0 Å². The summed E-state index contributed by atoms with van der Waals surface area (Å²) in [6.07, 6.45) is 4.87. The lowest BCUT2D eigenvalue weighted by molar-refractivity contribution is 0.0358. The van der Waals surface area contributed by atoms with Crippen LogP contribution in [0, 0.1) is 0 Å². The second kappa shape index (κ2) is 10.2. The molecule has 3 heterocycles. The van der Waals surface area contributed by atoms with Gasteiger partial charge in [-0.25, -0.2) is 0 Å². The summed E-state index contributed by atoms with van der Waals surface area (Å²) >= 11 is 0. The Morgan fingerprint density at radius 3 is 2.66 bits per heavy atom. The van der Waals surface area contributed by atoms with Crippen molar-refractivity contribution in [2.45, 2.75) is 19.5 Å². The van der Waals surface area contributed by atoms with Gasteiger partial charge in [0.25, 0.3) is 0 Å². The number of ether oxygens (including phenoxy) is 1. The van der Waals surface area contributed by atoms with E-state index in [1.807, 2.05) is 36.7 Å². The van der Waals surface area contributed by atoms with Crippen LogP contribution in [-0.4, -0.2) is 69.6 Å². The second-order valence-corrected chi connectivity index (χ2v) is 7.36. The van der Waals surface area contributed by atoms with Gasteiger partial charge in [-0.15, -0.1) is 0 Å². The lowest BCUT2D eigenvalue weighted by Crippen LogP contribution is -2.38. The Bertz CT molecular complexity index is 848. The maximum absolute atomic E-state index is 5.45. The Hall–Kier alpha value is -2.61. The van der Waals surface area contributed by atoms with Gasteiger partial charge in [-0.3, -0.25) is 14.8 Å². The molecule has 2 aromatic heterocycles. The highest BCUT2D eigenvalue weighted by Gasteiger charge is 2.16. The first kappa shape index (κ1) is 19.7. The van der Waals surface area contributed by atoms with Crippen molar-refractivity contribution in [3.05, 3.63) is 66.1 Å². The standard InChI is InChI=1S/C22H28N6O/c1-2-7-20(8-3-1)22-21(24-26-25-22)18-28(17-19-6-4-9-23-16-19)11-5-10-27-12-14-29-15-13-27/h1-4,6-9,16H,5,10-15,17-18H2,(H,24,25,26). The molecule has 1 aliphatic heterocycles. The van der Waals surface area contributed by atoms with Crippen LogP contribution in [0.5, 0.6) is 0 Å². The summed E-state index contributed by atoms with van der Waals surface area (Å²) in [5.41, 5.74) is 4.20. The third-order valence-electron chi connectivity index (χ3n) is 5.22. The lowest BCUT2D eigenvalue weighted by atomic mass is 10.1. The Balaban J connectivity index is 1.43. The molecule has 1 saturated heterocycles. The number of benzene rings is 1. The van der Waals surface area contributed by atoms with Crippen LogP contribution in [0.2, 0.25) is 0 Å². The summed E-state index contributed by atoms with van der Waals surface area (Å²) in [5, 5.41) is 11.7. The van der Waals surface area contributed by atoms with Crippen LogP contribution in [0.15, 0.2) is 54.9 Å². The topological polar surface area (TPSA) is 70.2 Å². The monoisotopic (exact) mass is 392 g/mol. The Morgan fingerprint density at radius 1 is 1.00 bits per heavy atom. The first-order valence-electron chi connectivity index (χ1n) is 10.2. The van der Waals surface area contributed by atoms with Gasteiger partial charge in [0.05, 0.1) is 13.2 Å². The van der Waals surface area contributed by atoms with Crippen LogP contribution in [0.4, 0.5) is 0 Å². The van der Waals surface area contributed by atoms with Crippen molar-refractivity contribution in [2.24, 2.45) is 0 Å². The molecule has 0 atom stereocenters. The Kier molecular flexibility index (Phi) is 6.96. The highest BCUT2D eigenvalue weighted by atomic mass is 16.5. The molecule has 4 rings (SSSR count). The minimum atomic E-state index is 0.749. The molecular formula is C22H28N6O. The molecule has 1 fully saturated rings. The van der Waals surface area contributed by atoms with E-state index in [2.05, 4.69) is 48.4 Å². The van der Waals surface area contributed by atoms with Crippen LogP contribution in [-0.2, 0) is 17.8 Å². The fourth-order valence-corrected chi connectivity index (χ4v) is 3.71. The van der Waals surface area contributed by atoms with E-state index in [1.165, 1.54) is 5.56 Å². The van der Waals surface area contributed by atoms with E-state index in [4.69, 9.17) is 4.74 Å². The molecule has 0 aliphatic carbocycles. The fraction of sp³-hybridized carbons (Fsp3) is 0.409. The van der Waals surface area contributed by atoms with Gasteiger partial charge in [-0.1, -0.05) is 36.4 Å². The normalized spacial score (nSPS) is 15.1. The number of morpholine rings is 1. The SMILES string of the molecule is c1ccc(-c2n[nH]nc2CN(CCCN2CCOCC2)Cc2cccnc2)cc1. The first-order valence-corrected chi connectivity index (χ1v) is 10.2. The molecule has 0 saturated carbocycles. The molecule has 29 heavy (non-hydrogen) atoms. The van der Waals surface area contributed by atoms with E-state index in [0.717, 1.165) is 75.9 Å². The molecule has 1 N–H and O–H groups in total. The zero-order valence-electron chi connectivity index (χ0n) is 16.7. The van der Waals surface area contributed by atoms with Crippen LogP contribution >= 0.6 is 0 Å².